The maximum Gasteiger partial charge on any atom is 0.330 e. The molecule has 2 aliphatic rings. The quantitative estimate of drug-likeness (QED) is 0.800. The number of carbonyl (C=O) groups excluding carboxylic acids is 1. The fourth-order valence-electron chi connectivity index (χ4n) is 2.44. The van der Waals surface area contributed by atoms with E-state index in [1.165, 1.54) is 0 Å². The van der Waals surface area contributed by atoms with Gasteiger partial charge < -0.3 is 10.1 Å². The van der Waals surface area contributed by atoms with E-state index in [0.29, 0.717) is 13.0 Å². The van der Waals surface area contributed by atoms with Gasteiger partial charge in [-0.3, -0.25) is 4.90 Å². The summed E-state index contributed by atoms with van der Waals surface area (Å²) < 4.78 is 6.30. The van der Waals surface area contributed by atoms with Crippen molar-refractivity contribution in [2.45, 2.75) is 18.9 Å². The van der Waals surface area contributed by atoms with Crippen molar-refractivity contribution in [1.29, 1.82) is 0 Å². The third-order valence-electron chi connectivity index (χ3n) is 3.44. The van der Waals surface area contributed by atoms with Gasteiger partial charge >= 0.3 is 5.97 Å². The van der Waals surface area contributed by atoms with Crippen LogP contribution in [0, 0.1) is 0 Å². The molecule has 0 aromatic rings. The average molecular weight is 315 g/mol. The zero-order chi connectivity index (χ0) is 13.0. The molecule has 2 rings (SSSR count). The molecule has 0 spiro atoms. The Morgan fingerprint density at radius 2 is 2.28 bits per heavy atom. The Labute approximate surface area is 116 Å². The monoisotopic (exact) mass is 314 g/mol. The molecule has 1 heterocycles. The number of halogens is 1. The van der Waals surface area contributed by atoms with Crippen molar-refractivity contribution in [2.24, 2.45) is 0 Å². The minimum absolute atomic E-state index is 0.139. The Morgan fingerprint density at radius 3 is 2.83 bits per heavy atom. The van der Waals surface area contributed by atoms with Crippen LogP contribution >= 0.6 is 15.9 Å². The summed E-state index contributed by atoms with van der Waals surface area (Å²) in [5.41, 5.74) is -0.616. The molecule has 4 nitrogen and oxygen atoms in total. The summed E-state index contributed by atoms with van der Waals surface area (Å²) in [6, 6.07) is 0. The molecule has 1 fully saturated rings. The lowest BCUT2D eigenvalue weighted by Crippen LogP contribution is -2.60. The van der Waals surface area contributed by atoms with E-state index in [9.17, 15) is 4.79 Å². The first-order chi connectivity index (χ1) is 8.69. The van der Waals surface area contributed by atoms with Crippen LogP contribution in [0.25, 0.3) is 0 Å². The molecule has 1 aliphatic heterocycles. The topological polar surface area (TPSA) is 41.6 Å². The van der Waals surface area contributed by atoms with Crippen molar-refractivity contribution in [3.05, 3.63) is 22.7 Å². The summed E-state index contributed by atoms with van der Waals surface area (Å²) in [6.45, 7) is 5.84. The van der Waals surface area contributed by atoms with Gasteiger partial charge in [-0.15, -0.1) is 0 Å². The average Bonchev–Trinajstić information content (AvgIpc) is 2.41. The van der Waals surface area contributed by atoms with E-state index in [0.717, 1.165) is 30.7 Å². The molecular formula is C13H19BrN2O2. The van der Waals surface area contributed by atoms with Gasteiger partial charge in [-0.1, -0.05) is 28.1 Å². The van der Waals surface area contributed by atoms with Crippen molar-refractivity contribution in [1.82, 2.24) is 10.2 Å². The lowest BCUT2D eigenvalue weighted by Gasteiger charge is -2.42. The number of carbonyl (C=O) groups is 1. The molecule has 0 aromatic heterocycles. The number of piperazine rings is 1. The molecule has 5 heteroatoms. The number of esters is 1. The Balaban J connectivity index is 2.22. The first kappa shape index (κ1) is 13.8. The molecule has 1 atom stereocenters. The molecular weight excluding hydrogens is 296 g/mol. The van der Waals surface area contributed by atoms with Crippen LogP contribution in [-0.4, -0.2) is 49.2 Å². The largest absolute Gasteiger partial charge is 0.464 e. The Kier molecular flexibility index (Phi) is 4.59. The van der Waals surface area contributed by atoms with Gasteiger partial charge in [0.25, 0.3) is 0 Å². The van der Waals surface area contributed by atoms with E-state index in [2.05, 4.69) is 26.1 Å². The number of rotatable bonds is 3. The van der Waals surface area contributed by atoms with Crippen LogP contribution in [0.2, 0.25) is 0 Å². The van der Waals surface area contributed by atoms with Crippen molar-refractivity contribution in [3.8, 4) is 0 Å². The van der Waals surface area contributed by atoms with Gasteiger partial charge in [0.05, 0.1) is 6.61 Å². The molecule has 0 aromatic carbocycles. The highest BCUT2D eigenvalue weighted by molar-refractivity contribution is 9.11. The van der Waals surface area contributed by atoms with Crippen LogP contribution in [0.3, 0.4) is 0 Å². The molecule has 0 bridgehead atoms. The normalized spacial score (nSPS) is 28.9. The maximum atomic E-state index is 12.3. The zero-order valence-corrected chi connectivity index (χ0v) is 12.2. The molecule has 1 N–H and O–H groups in total. The van der Waals surface area contributed by atoms with Gasteiger partial charge in [0.1, 0.15) is 5.54 Å². The van der Waals surface area contributed by atoms with E-state index in [-0.39, 0.29) is 5.97 Å². The van der Waals surface area contributed by atoms with Crippen LogP contribution in [0.5, 0.6) is 0 Å². The summed E-state index contributed by atoms with van der Waals surface area (Å²) >= 11 is 3.44. The van der Waals surface area contributed by atoms with Gasteiger partial charge in [0.15, 0.2) is 0 Å². The lowest BCUT2D eigenvalue weighted by molar-refractivity contribution is -0.155. The second-order valence-corrected chi connectivity index (χ2v) is 5.42. The third-order valence-corrected chi connectivity index (χ3v) is 4.02. The number of ether oxygens (including phenoxy) is 1. The first-order valence-corrected chi connectivity index (χ1v) is 7.16. The van der Waals surface area contributed by atoms with Crippen LogP contribution in [0.4, 0.5) is 0 Å². The SMILES string of the molecule is CCOC(=O)C1(N2CCNCC2)C=CC(Br)=CC1. The van der Waals surface area contributed by atoms with Crippen molar-refractivity contribution < 1.29 is 9.53 Å². The second kappa shape index (κ2) is 5.99. The van der Waals surface area contributed by atoms with Crippen LogP contribution in [0.15, 0.2) is 22.7 Å². The van der Waals surface area contributed by atoms with Gasteiger partial charge in [-0.25, -0.2) is 4.79 Å². The van der Waals surface area contributed by atoms with Gasteiger partial charge in [0.2, 0.25) is 0 Å². The van der Waals surface area contributed by atoms with Crippen LogP contribution in [0.1, 0.15) is 13.3 Å². The van der Waals surface area contributed by atoms with E-state index in [4.69, 9.17) is 4.74 Å². The lowest BCUT2D eigenvalue weighted by atomic mass is 9.88. The van der Waals surface area contributed by atoms with E-state index in [1.807, 2.05) is 25.2 Å². The van der Waals surface area contributed by atoms with Crippen molar-refractivity contribution >= 4 is 21.9 Å². The highest BCUT2D eigenvalue weighted by atomic mass is 79.9. The van der Waals surface area contributed by atoms with Gasteiger partial charge in [-0.2, -0.15) is 0 Å². The first-order valence-electron chi connectivity index (χ1n) is 6.37. The number of nitrogens with one attached hydrogen (secondary N) is 1. The van der Waals surface area contributed by atoms with E-state index < -0.39 is 5.54 Å². The summed E-state index contributed by atoms with van der Waals surface area (Å²) in [5, 5.41) is 3.31. The van der Waals surface area contributed by atoms with Gasteiger partial charge in [0, 0.05) is 30.7 Å². The predicted molar refractivity (Wildman–Crippen MR) is 74.6 cm³/mol. The molecule has 0 radical (unpaired) electrons. The second-order valence-electron chi connectivity index (χ2n) is 4.51. The number of allylic oxidation sites excluding steroid dienone is 2. The molecule has 0 saturated carbocycles. The standard InChI is InChI=1S/C13H19BrN2O2/c1-2-18-12(17)13(5-3-11(14)4-6-13)16-9-7-15-8-10-16/h3-5,15H,2,6-10H2,1H3. The Morgan fingerprint density at radius 1 is 1.56 bits per heavy atom. The van der Waals surface area contributed by atoms with E-state index in [1.54, 1.807) is 0 Å². The zero-order valence-electron chi connectivity index (χ0n) is 10.6. The summed E-state index contributed by atoms with van der Waals surface area (Å²) in [4.78, 5) is 14.6. The maximum absolute atomic E-state index is 12.3. The van der Waals surface area contributed by atoms with Gasteiger partial charge in [-0.05, 0) is 19.4 Å². The predicted octanol–water partition coefficient (Wildman–Crippen LogP) is 1.43. The molecule has 1 aliphatic carbocycles. The fraction of sp³-hybridized carbons (Fsp3) is 0.615. The molecule has 0 amide bonds. The van der Waals surface area contributed by atoms with Crippen molar-refractivity contribution in [3.63, 3.8) is 0 Å². The highest BCUT2D eigenvalue weighted by Gasteiger charge is 2.43. The van der Waals surface area contributed by atoms with Crippen LogP contribution < -0.4 is 5.32 Å². The molecule has 100 valence electrons. The van der Waals surface area contributed by atoms with Crippen molar-refractivity contribution in [2.75, 3.05) is 32.8 Å². The number of hydrogen-bond acceptors (Lipinski definition) is 4. The summed E-state index contributed by atoms with van der Waals surface area (Å²) in [7, 11) is 0. The molecule has 1 unspecified atom stereocenters. The summed E-state index contributed by atoms with van der Waals surface area (Å²) in [5.74, 6) is -0.139. The Bertz CT molecular complexity index is 375. The smallest absolute Gasteiger partial charge is 0.330 e. The van der Waals surface area contributed by atoms with Crippen LogP contribution in [-0.2, 0) is 9.53 Å². The molecule has 1 saturated heterocycles. The van der Waals surface area contributed by atoms with E-state index >= 15 is 0 Å². The fourth-order valence-corrected chi connectivity index (χ4v) is 2.74. The Hall–Kier alpha value is -0.650. The third kappa shape index (κ3) is 2.68. The minimum atomic E-state index is -0.616. The number of hydrogen-bond donors (Lipinski definition) is 1. The minimum Gasteiger partial charge on any atom is -0.464 e. The number of nitrogens with zero attached hydrogens (tertiary/aromatic N) is 1. The summed E-state index contributed by atoms with van der Waals surface area (Å²) in [6.07, 6.45) is 6.63. The highest BCUT2D eigenvalue weighted by Crippen LogP contribution is 2.31. The molecule has 18 heavy (non-hydrogen) atoms.